The summed E-state index contributed by atoms with van der Waals surface area (Å²) in [6, 6.07) is 14.5. The van der Waals surface area contributed by atoms with Gasteiger partial charge in [-0.05, 0) is 42.0 Å². The van der Waals surface area contributed by atoms with Gasteiger partial charge in [0.2, 0.25) is 11.8 Å². The number of nitrogens with zero attached hydrogens (tertiary/aromatic N) is 3. The van der Waals surface area contributed by atoms with Gasteiger partial charge in [0.15, 0.2) is 17.3 Å². The zero-order valence-electron chi connectivity index (χ0n) is 16.8. The monoisotopic (exact) mass is 422 g/mol. The molecule has 0 spiro atoms. The molecule has 31 heavy (non-hydrogen) atoms. The van der Waals surface area contributed by atoms with Crippen LogP contribution in [0.15, 0.2) is 65.3 Å². The molecule has 0 unspecified atom stereocenters. The third kappa shape index (κ3) is 4.11. The van der Waals surface area contributed by atoms with Crippen LogP contribution in [0.1, 0.15) is 15.9 Å². The van der Waals surface area contributed by atoms with E-state index in [1.807, 2.05) is 6.07 Å². The van der Waals surface area contributed by atoms with Gasteiger partial charge in [0.1, 0.15) is 5.82 Å². The number of benzene rings is 2. The summed E-state index contributed by atoms with van der Waals surface area (Å²) >= 11 is 0. The van der Waals surface area contributed by atoms with E-state index in [1.165, 1.54) is 24.5 Å². The first kappa shape index (κ1) is 20.1. The van der Waals surface area contributed by atoms with Crippen LogP contribution in [0.4, 0.5) is 10.3 Å². The first-order valence-electron chi connectivity index (χ1n) is 9.35. The summed E-state index contributed by atoms with van der Waals surface area (Å²) in [6.45, 7) is 0.307. The summed E-state index contributed by atoms with van der Waals surface area (Å²) in [5, 5.41) is 7.31. The molecule has 8 nitrogen and oxygen atoms in total. The van der Waals surface area contributed by atoms with Gasteiger partial charge in [-0.25, -0.2) is 4.39 Å². The number of furan rings is 1. The molecule has 2 aromatic heterocycles. The Morgan fingerprint density at radius 3 is 2.61 bits per heavy atom. The van der Waals surface area contributed by atoms with Crippen LogP contribution < -0.4 is 14.8 Å². The SMILES string of the molecule is COc1ccc(CNc2nc(-c3ccco3)nn2C(=O)c2ccccc2F)cc1OC. The van der Waals surface area contributed by atoms with Crippen LogP contribution in [0.2, 0.25) is 0 Å². The Hall–Kier alpha value is -4.14. The third-order valence-electron chi connectivity index (χ3n) is 4.54. The normalized spacial score (nSPS) is 10.7. The van der Waals surface area contributed by atoms with Crippen LogP contribution in [-0.4, -0.2) is 34.9 Å². The molecule has 4 aromatic rings. The lowest BCUT2D eigenvalue weighted by atomic mass is 10.2. The third-order valence-corrected chi connectivity index (χ3v) is 4.54. The molecular formula is C22H19FN4O4. The Morgan fingerprint density at radius 1 is 1.10 bits per heavy atom. The van der Waals surface area contributed by atoms with E-state index in [-0.39, 0.29) is 17.3 Å². The van der Waals surface area contributed by atoms with Gasteiger partial charge >= 0.3 is 0 Å². The zero-order valence-corrected chi connectivity index (χ0v) is 16.8. The smallest absolute Gasteiger partial charge is 0.284 e. The van der Waals surface area contributed by atoms with Crippen molar-refractivity contribution in [3.8, 4) is 23.1 Å². The van der Waals surface area contributed by atoms with Crippen LogP contribution in [0, 0.1) is 5.82 Å². The number of rotatable bonds is 7. The first-order chi connectivity index (χ1) is 15.1. The van der Waals surface area contributed by atoms with Gasteiger partial charge in [-0.1, -0.05) is 18.2 Å². The van der Waals surface area contributed by atoms with Gasteiger partial charge in [-0.15, -0.1) is 5.10 Å². The number of carbonyl (C=O) groups excluding carboxylic acids is 1. The molecule has 158 valence electrons. The van der Waals surface area contributed by atoms with E-state index in [1.54, 1.807) is 44.6 Å². The molecule has 2 aromatic carbocycles. The van der Waals surface area contributed by atoms with Crippen molar-refractivity contribution in [3.05, 3.63) is 77.8 Å². The first-order valence-corrected chi connectivity index (χ1v) is 9.35. The van der Waals surface area contributed by atoms with E-state index < -0.39 is 11.7 Å². The number of halogens is 1. The van der Waals surface area contributed by atoms with Crippen molar-refractivity contribution in [1.82, 2.24) is 14.8 Å². The molecule has 0 saturated carbocycles. The van der Waals surface area contributed by atoms with Crippen molar-refractivity contribution in [3.63, 3.8) is 0 Å². The largest absolute Gasteiger partial charge is 0.493 e. The summed E-state index contributed by atoms with van der Waals surface area (Å²) in [5.74, 6) is 0.603. The van der Waals surface area contributed by atoms with Gasteiger partial charge in [-0.2, -0.15) is 9.67 Å². The van der Waals surface area contributed by atoms with Crippen LogP contribution in [0.3, 0.4) is 0 Å². The fourth-order valence-corrected chi connectivity index (χ4v) is 3.00. The second kappa shape index (κ2) is 8.70. The van der Waals surface area contributed by atoms with Crippen LogP contribution in [0.25, 0.3) is 11.6 Å². The summed E-state index contributed by atoms with van der Waals surface area (Å²) in [4.78, 5) is 17.3. The quantitative estimate of drug-likeness (QED) is 0.481. The van der Waals surface area contributed by atoms with E-state index >= 15 is 0 Å². The minimum absolute atomic E-state index is 0.118. The Kier molecular flexibility index (Phi) is 5.65. The number of hydrogen-bond acceptors (Lipinski definition) is 7. The van der Waals surface area contributed by atoms with Gasteiger partial charge in [0.05, 0.1) is 26.0 Å². The van der Waals surface area contributed by atoms with Gasteiger partial charge in [-0.3, -0.25) is 4.79 Å². The maximum atomic E-state index is 14.2. The Bertz CT molecular complexity index is 1200. The lowest BCUT2D eigenvalue weighted by molar-refractivity contribution is 0.0943. The van der Waals surface area contributed by atoms with Gasteiger partial charge in [0.25, 0.3) is 5.91 Å². The average Bonchev–Trinajstić information content (AvgIpc) is 3.47. The molecule has 2 heterocycles. The molecule has 0 radical (unpaired) electrons. The maximum absolute atomic E-state index is 14.2. The highest BCUT2D eigenvalue weighted by Crippen LogP contribution is 2.28. The number of aromatic nitrogens is 3. The molecule has 0 bridgehead atoms. The topological polar surface area (TPSA) is 91.4 Å². The molecule has 0 atom stereocenters. The summed E-state index contributed by atoms with van der Waals surface area (Å²) in [6.07, 6.45) is 1.48. The molecule has 0 saturated heterocycles. The molecule has 0 aliphatic carbocycles. The molecule has 0 amide bonds. The molecule has 0 aliphatic rings. The lowest BCUT2D eigenvalue weighted by Crippen LogP contribution is -2.18. The van der Waals surface area contributed by atoms with Crippen LogP contribution in [-0.2, 0) is 6.54 Å². The average molecular weight is 422 g/mol. The lowest BCUT2D eigenvalue weighted by Gasteiger charge is -2.11. The van der Waals surface area contributed by atoms with E-state index in [4.69, 9.17) is 13.9 Å². The molecule has 9 heteroatoms. The highest BCUT2D eigenvalue weighted by Gasteiger charge is 2.22. The zero-order chi connectivity index (χ0) is 21.8. The Morgan fingerprint density at radius 2 is 1.90 bits per heavy atom. The van der Waals surface area contributed by atoms with Gasteiger partial charge in [0, 0.05) is 6.54 Å². The molecule has 0 aliphatic heterocycles. The van der Waals surface area contributed by atoms with E-state index in [9.17, 15) is 9.18 Å². The minimum atomic E-state index is -0.654. The fraction of sp³-hybridized carbons (Fsp3) is 0.136. The molecular weight excluding hydrogens is 403 g/mol. The van der Waals surface area contributed by atoms with Crippen molar-refractivity contribution in [2.24, 2.45) is 0 Å². The number of methoxy groups -OCH3 is 2. The van der Waals surface area contributed by atoms with Gasteiger partial charge < -0.3 is 19.2 Å². The maximum Gasteiger partial charge on any atom is 0.284 e. The highest BCUT2D eigenvalue weighted by molar-refractivity contribution is 5.97. The van der Waals surface area contributed by atoms with Crippen LogP contribution >= 0.6 is 0 Å². The van der Waals surface area contributed by atoms with E-state index in [0.717, 1.165) is 10.2 Å². The summed E-state index contributed by atoms with van der Waals surface area (Å²) < 4.78 is 31.1. The predicted molar refractivity (Wildman–Crippen MR) is 111 cm³/mol. The number of carbonyl (C=O) groups is 1. The minimum Gasteiger partial charge on any atom is -0.493 e. The molecule has 0 fully saturated rings. The Balaban J connectivity index is 1.66. The number of ether oxygens (including phenoxy) is 2. The van der Waals surface area contributed by atoms with Crippen molar-refractivity contribution in [1.29, 1.82) is 0 Å². The van der Waals surface area contributed by atoms with E-state index in [0.29, 0.717) is 23.8 Å². The predicted octanol–water partition coefficient (Wildman–Crippen LogP) is 4.00. The van der Waals surface area contributed by atoms with Crippen molar-refractivity contribution >= 4 is 11.9 Å². The van der Waals surface area contributed by atoms with Crippen molar-refractivity contribution < 1.29 is 23.1 Å². The number of hydrogen-bond donors (Lipinski definition) is 1. The van der Waals surface area contributed by atoms with Crippen molar-refractivity contribution in [2.45, 2.75) is 6.54 Å². The fourth-order valence-electron chi connectivity index (χ4n) is 3.00. The van der Waals surface area contributed by atoms with Crippen molar-refractivity contribution in [2.75, 3.05) is 19.5 Å². The summed E-state index contributed by atoms with van der Waals surface area (Å²) in [7, 11) is 3.11. The second-order valence-corrected chi connectivity index (χ2v) is 6.48. The highest BCUT2D eigenvalue weighted by atomic mass is 19.1. The Labute approximate surface area is 177 Å². The molecule has 1 N–H and O–H groups in total. The summed E-state index contributed by atoms with van der Waals surface area (Å²) in [5.41, 5.74) is 0.734. The molecule has 4 rings (SSSR count). The second-order valence-electron chi connectivity index (χ2n) is 6.48. The van der Waals surface area contributed by atoms with Crippen LogP contribution in [0.5, 0.6) is 11.5 Å². The number of nitrogens with one attached hydrogen (secondary N) is 1. The van der Waals surface area contributed by atoms with E-state index in [2.05, 4.69) is 15.4 Å². The number of anilines is 1. The standard InChI is InChI=1S/C22H19FN4O4/c1-29-17-10-9-14(12-19(17)30-2)13-24-22-25-20(18-8-5-11-31-18)26-27(22)21(28)15-6-3-4-7-16(15)23/h3-12H,13H2,1-2H3,(H,24,25,26).